The largest absolute Gasteiger partial charge is 0.490 e. The Morgan fingerprint density at radius 3 is 2.13 bits per heavy atom. The van der Waals surface area contributed by atoms with Crippen LogP contribution in [0.2, 0.25) is 0 Å². The van der Waals surface area contributed by atoms with Crippen molar-refractivity contribution in [3.8, 4) is 17.6 Å². The SMILES string of the molecule is CC(C)(C)NC(=O)OC1CC(Oc2ccc(C(C)(C)c3ccc(OCc4ccnc(C#N)n4)cc3)cc2)C1. The molecule has 2 aromatic carbocycles. The van der Waals surface area contributed by atoms with Gasteiger partial charge in [-0.2, -0.15) is 5.26 Å². The fourth-order valence-electron chi connectivity index (χ4n) is 4.16. The van der Waals surface area contributed by atoms with E-state index >= 15 is 0 Å². The fourth-order valence-corrected chi connectivity index (χ4v) is 4.16. The molecule has 1 saturated carbocycles. The Hall–Kier alpha value is -4.12. The first-order valence-corrected chi connectivity index (χ1v) is 12.7. The zero-order valence-corrected chi connectivity index (χ0v) is 22.5. The number of carbonyl (C=O) groups is 1. The Kier molecular flexibility index (Phi) is 7.86. The van der Waals surface area contributed by atoms with Gasteiger partial charge in [0.05, 0.1) is 5.69 Å². The van der Waals surface area contributed by atoms with Crippen molar-refractivity contribution in [2.75, 3.05) is 0 Å². The minimum absolute atomic E-state index is 0.0441. The molecule has 1 amide bonds. The van der Waals surface area contributed by atoms with Gasteiger partial charge in [-0.3, -0.25) is 0 Å². The van der Waals surface area contributed by atoms with Crippen LogP contribution >= 0.6 is 0 Å². The first-order valence-electron chi connectivity index (χ1n) is 12.7. The number of alkyl carbamates (subject to hydrolysis) is 1. The summed E-state index contributed by atoms with van der Waals surface area (Å²) < 4.78 is 17.4. The number of benzene rings is 2. The minimum Gasteiger partial charge on any atom is -0.490 e. The van der Waals surface area contributed by atoms with E-state index in [4.69, 9.17) is 19.5 Å². The predicted molar refractivity (Wildman–Crippen MR) is 143 cm³/mol. The van der Waals surface area contributed by atoms with Crippen LogP contribution in [-0.4, -0.2) is 33.8 Å². The summed E-state index contributed by atoms with van der Waals surface area (Å²) in [4.78, 5) is 19.9. The zero-order valence-electron chi connectivity index (χ0n) is 22.5. The predicted octanol–water partition coefficient (Wildman–Crippen LogP) is 5.69. The van der Waals surface area contributed by atoms with E-state index in [-0.39, 0.29) is 41.7 Å². The number of ether oxygens (including phenoxy) is 3. The topological polar surface area (TPSA) is 106 Å². The Morgan fingerprint density at radius 1 is 0.947 bits per heavy atom. The quantitative estimate of drug-likeness (QED) is 0.412. The lowest BCUT2D eigenvalue weighted by Gasteiger charge is -2.35. The van der Waals surface area contributed by atoms with E-state index in [1.54, 1.807) is 12.3 Å². The summed E-state index contributed by atoms with van der Waals surface area (Å²) >= 11 is 0. The molecule has 8 heteroatoms. The maximum absolute atomic E-state index is 11.9. The van der Waals surface area contributed by atoms with Gasteiger partial charge in [0.25, 0.3) is 0 Å². The van der Waals surface area contributed by atoms with Crippen LogP contribution in [0, 0.1) is 11.3 Å². The normalized spacial score (nSPS) is 17.1. The molecule has 4 rings (SSSR count). The standard InChI is InChI=1S/C30H34N4O4/c1-29(2,3)34-28(35)38-26-16-25(17-26)37-24-12-8-21(9-13-24)30(4,5)20-6-10-23(11-7-20)36-19-22-14-15-32-27(18-31)33-22/h6-15,25-26H,16-17,19H2,1-5H3,(H,34,35). The average molecular weight is 515 g/mol. The molecule has 1 aliphatic rings. The van der Waals surface area contributed by atoms with Crippen LogP contribution in [0.25, 0.3) is 0 Å². The summed E-state index contributed by atoms with van der Waals surface area (Å²) in [6.45, 7) is 10.4. The first kappa shape index (κ1) is 26.9. The van der Waals surface area contributed by atoms with Crippen LogP contribution in [0.3, 0.4) is 0 Å². The molecule has 0 bridgehead atoms. The fraction of sp³-hybridized carbons (Fsp3) is 0.400. The monoisotopic (exact) mass is 514 g/mol. The lowest BCUT2D eigenvalue weighted by Crippen LogP contribution is -2.46. The van der Waals surface area contributed by atoms with E-state index in [1.807, 2.05) is 51.1 Å². The van der Waals surface area contributed by atoms with Crippen molar-refractivity contribution in [2.24, 2.45) is 0 Å². The van der Waals surface area contributed by atoms with Gasteiger partial charge in [0.1, 0.15) is 36.4 Å². The molecule has 3 aromatic rings. The lowest BCUT2D eigenvalue weighted by atomic mass is 9.78. The van der Waals surface area contributed by atoms with Gasteiger partial charge in [-0.15, -0.1) is 0 Å². The number of aromatic nitrogens is 2. The number of nitrogens with zero attached hydrogens (tertiary/aromatic N) is 3. The summed E-state index contributed by atoms with van der Waals surface area (Å²) in [6.07, 6.45) is 2.49. The lowest BCUT2D eigenvalue weighted by molar-refractivity contribution is -0.0243. The van der Waals surface area contributed by atoms with Crippen LogP contribution in [0.5, 0.6) is 11.5 Å². The molecule has 0 aliphatic heterocycles. The van der Waals surface area contributed by atoms with E-state index in [9.17, 15) is 4.79 Å². The van der Waals surface area contributed by atoms with Crippen molar-refractivity contribution in [3.63, 3.8) is 0 Å². The van der Waals surface area contributed by atoms with Crippen molar-refractivity contribution in [3.05, 3.63) is 83.4 Å². The molecule has 1 fully saturated rings. The number of carbonyl (C=O) groups excluding carboxylic acids is 1. The Balaban J connectivity index is 1.28. The maximum atomic E-state index is 11.9. The molecule has 0 atom stereocenters. The van der Waals surface area contributed by atoms with Crippen molar-refractivity contribution in [1.82, 2.24) is 15.3 Å². The van der Waals surface area contributed by atoms with Crippen molar-refractivity contribution >= 4 is 6.09 Å². The molecule has 1 aromatic heterocycles. The molecule has 0 saturated heterocycles. The highest BCUT2D eigenvalue weighted by atomic mass is 16.6. The molecule has 1 aliphatic carbocycles. The van der Waals surface area contributed by atoms with E-state index < -0.39 is 0 Å². The summed E-state index contributed by atoms with van der Waals surface area (Å²) in [6, 6.07) is 19.8. The number of rotatable bonds is 8. The first-order chi connectivity index (χ1) is 18.0. The number of amides is 1. The highest BCUT2D eigenvalue weighted by Crippen LogP contribution is 2.34. The van der Waals surface area contributed by atoms with Crippen LogP contribution in [0.4, 0.5) is 4.79 Å². The molecule has 0 spiro atoms. The molecular weight excluding hydrogens is 480 g/mol. The molecule has 198 valence electrons. The van der Waals surface area contributed by atoms with Gasteiger partial charge in [0, 0.05) is 30.0 Å². The van der Waals surface area contributed by atoms with E-state index in [2.05, 4.69) is 53.4 Å². The summed E-state index contributed by atoms with van der Waals surface area (Å²) in [5, 5.41) is 11.8. The second-order valence-electron chi connectivity index (χ2n) is 11.1. The van der Waals surface area contributed by atoms with E-state index in [1.165, 1.54) is 0 Å². The van der Waals surface area contributed by atoms with Gasteiger partial charge in [-0.25, -0.2) is 14.8 Å². The van der Waals surface area contributed by atoms with Crippen LogP contribution < -0.4 is 14.8 Å². The summed E-state index contributed by atoms with van der Waals surface area (Å²) in [5.41, 5.74) is 2.43. The summed E-state index contributed by atoms with van der Waals surface area (Å²) in [5.74, 6) is 1.66. The third-order valence-electron chi connectivity index (χ3n) is 6.46. The smallest absolute Gasteiger partial charge is 0.407 e. The maximum Gasteiger partial charge on any atom is 0.407 e. The molecular formula is C30H34N4O4. The molecule has 8 nitrogen and oxygen atoms in total. The third kappa shape index (κ3) is 7.00. The zero-order chi connectivity index (χ0) is 27.3. The van der Waals surface area contributed by atoms with Gasteiger partial charge in [-0.1, -0.05) is 38.1 Å². The van der Waals surface area contributed by atoms with Gasteiger partial charge >= 0.3 is 6.09 Å². The molecule has 38 heavy (non-hydrogen) atoms. The van der Waals surface area contributed by atoms with Gasteiger partial charge in [0.15, 0.2) is 0 Å². The summed E-state index contributed by atoms with van der Waals surface area (Å²) in [7, 11) is 0. The van der Waals surface area contributed by atoms with Crippen molar-refractivity contribution in [1.29, 1.82) is 5.26 Å². The average Bonchev–Trinajstić information content (AvgIpc) is 2.86. The van der Waals surface area contributed by atoms with Crippen molar-refractivity contribution in [2.45, 2.75) is 77.2 Å². The van der Waals surface area contributed by atoms with Crippen LogP contribution in [0.1, 0.15) is 70.1 Å². The Bertz CT molecular complexity index is 1290. The minimum atomic E-state index is -0.382. The Morgan fingerprint density at radius 2 is 1.55 bits per heavy atom. The van der Waals surface area contributed by atoms with E-state index in [0.29, 0.717) is 18.5 Å². The Labute approximate surface area is 224 Å². The highest BCUT2D eigenvalue weighted by molar-refractivity contribution is 5.68. The van der Waals surface area contributed by atoms with Crippen LogP contribution in [0.15, 0.2) is 60.8 Å². The second-order valence-corrected chi connectivity index (χ2v) is 11.1. The number of nitrogens with one attached hydrogen (secondary N) is 1. The van der Waals surface area contributed by atoms with Crippen molar-refractivity contribution < 1.29 is 19.0 Å². The highest BCUT2D eigenvalue weighted by Gasteiger charge is 2.34. The molecule has 0 unspecified atom stereocenters. The third-order valence-corrected chi connectivity index (χ3v) is 6.46. The number of hydrogen-bond donors (Lipinski definition) is 1. The number of hydrogen-bond acceptors (Lipinski definition) is 7. The molecule has 1 N–H and O–H groups in total. The van der Waals surface area contributed by atoms with Crippen LogP contribution in [-0.2, 0) is 16.8 Å². The van der Waals surface area contributed by atoms with Gasteiger partial charge in [0.2, 0.25) is 5.82 Å². The van der Waals surface area contributed by atoms with Gasteiger partial charge in [-0.05, 0) is 62.2 Å². The molecule has 1 heterocycles. The number of nitriles is 1. The van der Waals surface area contributed by atoms with Gasteiger partial charge < -0.3 is 19.5 Å². The molecule has 0 radical (unpaired) electrons. The van der Waals surface area contributed by atoms with E-state index in [0.717, 1.165) is 22.6 Å². The second kappa shape index (κ2) is 11.1.